The van der Waals surface area contributed by atoms with Crippen molar-refractivity contribution in [2.24, 2.45) is 0 Å². The van der Waals surface area contributed by atoms with Crippen molar-refractivity contribution in [3.05, 3.63) is 0 Å². The molecule has 0 spiro atoms. The van der Waals surface area contributed by atoms with Gasteiger partial charge in [-0.15, -0.1) is 6.61 Å². The van der Waals surface area contributed by atoms with Crippen molar-refractivity contribution < 1.29 is 33.8 Å². The minimum Gasteiger partial charge on any atom is -0.853 e. The van der Waals surface area contributed by atoms with E-state index in [1.54, 1.807) is 6.92 Å². The topological polar surface area (TPSA) is 52.5 Å². The molecule has 0 bridgehead atoms. The second-order valence-electron chi connectivity index (χ2n) is 1.01. The maximum absolute atomic E-state index is 9.40. The SMILES string of the molecule is CCO.COCC[O-].[Li+]. The Hall–Kier alpha value is 0.477. The summed E-state index contributed by atoms with van der Waals surface area (Å²) in [4.78, 5) is 0. The summed E-state index contributed by atoms with van der Waals surface area (Å²) in [7, 11) is 1.51. The fourth-order valence-electron chi connectivity index (χ4n) is 0.0833. The van der Waals surface area contributed by atoms with Crippen LogP contribution >= 0.6 is 0 Å². The van der Waals surface area contributed by atoms with Gasteiger partial charge in [0, 0.05) is 20.3 Å². The van der Waals surface area contributed by atoms with Gasteiger partial charge in [0.25, 0.3) is 0 Å². The standard InChI is InChI=1S/C3H7O2.C2H6O.Li/c1-5-3-2-4;1-2-3;/h2-3H2,1H3;3H,2H2,1H3;/q-1;;+1. The monoisotopic (exact) mass is 128 g/mol. The third kappa shape index (κ3) is 58.0. The van der Waals surface area contributed by atoms with Gasteiger partial charge in [-0.1, -0.05) is 0 Å². The molecule has 0 heterocycles. The number of aliphatic hydroxyl groups is 1. The van der Waals surface area contributed by atoms with E-state index < -0.39 is 0 Å². The second-order valence-corrected chi connectivity index (χ2v) is 1.01. The van der Waals surface area contributed by atoms with E-state index in [1.165, 1.54) is 7.11 Å². The van der Waals surface area contributed by atoms with E-state index >= 15 is 0 Å². The fourth-order valence-corrected chi connectivity index (χ4v) is 0.0833. The molecular weight excluding hydrogens is 115 g/mol. The van der Waals surface area contributed by atoms with Crippen molar-refractivity contribution in [3.8, 4) is 0 Å². The summed E-state index contributed by atoms with van der Waals surface area (Å²) in [6, 6.07) is 0. The van der Waals surface area contributed by atoms with Crippen molar-refractivity contribution in [2.45, 2.75) is 6.92 Å². The zero-order valence-corrected chi connectivity index (χ0v) is 6.39. The van der Waals surface area contributed by atoms with E-state index in [9.17, 15) is 5.11 Å². The average molecular weight is 128 g/mol. The molecule has 0 radical (unpaired) electrons. The predicted molar refractivity (Wildman–Crippen MR) is 29.5 cm³/mol. The van der Waals surface area contributed by atoms with E-state index in [-0.39, 0.29) is 32.1 Å². The summed E-state index contributed by atoms with van der Waals surface area (Å²) in [5, 5.41) is 17.0. The first-order valence-electron chi connectivity index (χ1n) is 2.51. The molecule has 0 aromatic rings. The van der Waals surface area contributed by atoms with Crippen molar-refractivity contribution in [1.82, 2.24) is 0 Å². The van der Waals surface area contributed by atoms with E-state index in [0.717, 1.165) is 0 Å². The van der Waals surface area contributed by atoms with E-state index in [1.807, 2.05) is 0 Å². The Labute approximate surface area is 68.2 Å². The predicted octanol–water partition coefficient (Wildman–Crippen LogP) is -4.00. The number of aliphatic hydroxyl groups excluding tert-OH is 1. The maximum Gasteiger partial charge on any atom is 1.00 e. The molecule has 1 N–H and O–H groups in total. The van der Waals surface area contributed by atoms with E-state index in [4.69, 9.17) is 5.11 Å². The molecule has 0 saturated heterocycles. The molecule has 4 heteroatoms. The molecule has 0 saturated carbocycles. The zero-order chi connectivity index (χ0) is 6.83. The van der Waals surface area contributed by atoms with Gasteiger partial charge in [0.1, 0.15) is 0 Å². The molecule has 0 amide bonds. The first kappa shape index (κ1) is 16.2. The minimum atomic E-state index is -0.128. The number of methoxy groups -OCH3 is 1. The summed E-state index contributed by atoms with van der Waals surface area (Å²) in [5.41, 5.74) is 0. The van der Waals surface area contributed by atoms with Crippen LogP contribution in [0.3, 0.4) is 0 Å². The molecule has 0 unspecified atom stereocenters. The van der Waals surface area contributed by atoms with E-state index in [0.29, 0.717) is 6.61 Å². The smallest absolute Gasteiger partial charge is 0.853 e. The van der Waals surface area contributed by atoms with Crippen LogP contribution < -0.4 is 24.0 Å². The van der Waals surface area contributed by atoms with Crippen LogP contribution in [0.5, 0.6) is 0 Å². The second kappa shape index (κ2) is 23.6. The normalized spacial score (nSPS) is 6.67. The Balaban J connectivity index is -0.0000000800. The summed E-state index contributed by atoms with van der Waals surface area (Å²) < 4.78 is 4.38. The van der Waals surface area contributed by atoms with Gasteiger partial charge in [0.05, 0.1) is 0 Å². The van der Waals surface area contributed by atoms with Gasteiger partial charge >= 0.3 is 18.9 Å². The molecular formula is C5H13LiO3. The largest absolute Gasteiger partial charge is 1.00 e. The summed E-state index contributed by atoms with van der Waals surface area (Å²) in [5.74, 6) is 0. The minimum absolute atomic E-state index is 0. The van der Waals surface area contributed by atoms with Gasteiger partial charge in [0.15, 0.2) is 0 Å². The van der Waals surface area contributed by atoms with Gasteiger partial charge < -0.3 is 14.9 Å². The molecule has 0 aliphatic rings. The van der Waals surface area contributed by atoms with Crippen LogP contribution in [0.15, 0.2) is 0 Å². The van der Waals surface area contributed by atoms with Gasteiger partial charge in [-0.25, -0.2) is 0 Å². The molecule has 0 aromatic carbocycles. The van der Waals surface area contributed by atoms with Crippen molar-refractivity contribution in [3.63, 3.8) is 0 Å². The summed E-state index contributed by atoms with van der Waals surface area (Å²) in [6.45, 7) is 2.14. The number of rotatable bonds is 2. The average Bonchev–Trinajstić information content (AvgIpc) is 1.71. The quantitative estimate of drug-likeness (QED) is 0.385. The van der Waals surface area contributed by atoms with Crippen LogP contribution in [0.2, 0.25) is 0 Å². The van der Waals surface area contributed by atoms with Crippen molar-refractivity contribution >= 4 is 0 Å². The van der Waals surface area contributed by atoms with Crippen LogP contribution in [0.25, 0.3) is 0 Å². The molecule has 9 heavy (non-hydrogen) atoms. The third-order valence-electron chi connectivity index (χ3n) is 0.287. The number of hydrogen-bond acceptors (Lipinski definition) is 3. The number of ether oxygens (including phenoxy) is 1. The molecule has 0 aromatic heterocycles. The molecule has 0 fully saturated rings. The molecule has 0 rings (SSSR count). The first-order chi connectivity index (χ1) is 3.83. The fraction of sp³-hybridized carbons (Fsp3) is 1.00. The van der Waals surface area contributed by atoms with E-state index in [2.05, 4.69) is 4.74 Å². The Morgan fingerprint density at radius 1 is 1.56 bits per heavy atom. The molecule has 0 aliphatic heterocycles. The van der Waals surface area contributed by atoms with Crippen LogP contribution in [-0.2, 0) is 4.74 Å². The van der Waals surface area contributed by atoms with Gasteiger partial charge in [0.2, 0.25) is 0 Å². The zero-order valence-electron chi connectivity index (χ0n) is 6.39. The third-order valence-corrected chi connectivity index (χ3v) is 0.287. The van der Waals surface area contributed by atoms with Crippen LogP contribution in [0.1, 0.15) is 6.92 Å². The van der Waals surface area contributed by atoms with Crippen LogP contribution in [0.4, 0.5) is 0 Å². The Bertz CT molecular complexity index is 26.2. The van der Waals surface area contributed by atoms with Gasteiger partial charge in [-0.2, -0.15) is 0 Å². The molecule has 0 aliphatic carbocycles. The molecule has 52 valence electrons. The maximum atomic E-state index is 9.40. The molecule has 3 nitrogen and oxygen atoms in total. The Morgan fingerprint density at radius 2 is 1.89 bits per heavy atom. The first-order valence-corrected chi connectivity index (χ1v) is 2.51. The summed E-state index contributed by atoms with van der Waals surface area (Å²) in [6.07, 6.45) is 0. The van der Waals surface area contributed by atoms with Gasteiger partial charge in [-0.05, 0) is 6.92 Å². The van der Waals surface area contributed by atoms with Crippen molar-refractivity contribution in [1.29, 1.82) is 0 Å². The molecule has 0 atom stereocenters. The summed E-state index contributed by atoms with van der Waals surface area (Å²) >= 11 is 0. The van der Waals surface area contributed by atoms with Crippen LogP contribution in [-0.4, -0.2) is 32.0 Å². The number of hydrogen-bond donors (Lipinski definition) is 1. The van der Waals surface area contributed by atoms with Crippen molar-refractivity contribution in [2.75, 3.05) is 26.9 Å². The Morgan fingerprint density at radius 3 is 1.89 bits per heavy atom. The van der Waals surface area contributed by atoms with Gasteiger partial charge in [-0.3, -0.25) is 0 Å². The Kier molecular flexibility index (Phi) is 42.6. The van der Waals surface area contributed by atoms with Crippen LogP contribution in [0, 0.1) is 0 Å².